The highest BCUT2D eigenvalue weighted by Gasteiger charge is 2.03. The summed E-state index contributed by atoms with van der Waals surface area (Å²) in [4.78, 5) is 4.31. The number of aromatic nitrogens is 1. The van der Waals surface area contributed by atoms with E-state index in [1.54, 1.807) is 0 Å². The highest BCUT2D eigenvalue weighted by molar-refractivity contribution is 7.99. The van der Waals surface area contributed by atoms with Crippen LogP contribution in [0.3, 0.4) is 0 Å². The summed E-state index contributed by atoms with van der Waals surface area (Å²) < 4.78 is 5.46. The molecule has 0 saturated heterocycles. The molecule has 0 aliphatic rings. The van der Waals surface area contributed by atoms with Crippen LogP contribution in [0.5, 0.6) is 0 Å². The summed E-state index contributed by atoms with van der Waals surface area (Å²) >= 11 is 1.98. The van der Waals surface area contributed by atoms with Crippen molar-refractivity contribution in [1.29, 1.82) is 0 Å². The van der Waals surface area contributed by atoms with Crippen molar-refractivity contribution >= 4 is 11.8 Å². The molecule has 4 heteroatoms. The Morgan fingerprint density at radius 3 is 2.80 bits per heavy atom. The molecule has 3 nitrogen and oxygen atoms in total. The maximum atomic E-state index is 5.46. The summed E-state index contributed by atoms with van der Waals surface area (Å²) in [7, 11) is 0. The number of nitrogens with zero attached hydrogens (tertiary/aromatic N) is 1. The zero-order valence-electron chi connectivity index (χ0n) is 9.80. The molecule has 0 fully saturated rings. The second-order valence-corrected chi connectivity index (χ2v) is 4.87. The molecule has 0 amide bonds. The quantitative estimate of drug-likeness (QED) is 0.728. The first-order valence-corrected chi connectivity index (χ1v) is 6.61. The fourth-order valence-electron chi connectivity index (χ4n) is 1.25. The van der Waals surface area contributed by atoms with Gasteiger partial charge in [0.25, 0.3) is 0 Å². The van der Waals surface area contributed by atoms with Crippen molar-refractivity contribution in [3.63, 3.8) is 0 Å². The molecule has 0 radical (unpaired) electrons. The topological polar surface area (TPSA) is 38.1 Å². The Hall–Kier alpha value is -0.480. The van der Waals surface area contributed by atoms with Crippen LogP contribution < -0.4 is 5.32 Å². The van der Waals surface area contributed by atoms with Crippen molar-refractivity contribution in [2.24, 2.45) is 0 Å². The van der Waals surface area contributed by atoms with E-state index in [-0.39, 0.29) is 0 Å². The molecular weight excluding hydrogens is 208 g/mol. The molecular formula is C11H20N2OS. The third-order valence-electron chi connectivity index (χ3n) is 2.20. The van der Waals surface area contributed by atoms with Crippen molar-refractivity contribution < 1.29 is 4.42 Å². The Kier molecular flexibility index (Phi) is 5.79. The lowest BCUT2D eigenvalue weighted by atomic mass is 10.4. The normalized spacial score (nSPS) is 10.9. The molecule has 1 N–H and O–H groups in total. The molecule has 1 aromatic heterocycles. The van der Waals surface area contributed by atoms with Crippen LogP contribution in [-0.4, -0.2) is 23.0 Å². The summed E-state index contributed by atoms with van der Waals surface area (Å²) in [6, 6.07) is 0. The minimum atomic E-state index is 0.742. The number of nitrogens with one attached hydrogen (secondary N) is 1. The van der Waals surface area contributed by atoms with Gasteiger partial charge in [-0.1, -0.05) is 6.92 Å². The molecule has 1 rings (SSSR count). The Morgan fingerprint density at radius 1 is 1.40 bits per heavy atom. The average molecular weight is 228 g/mol. The number of aryl methyl sites for hydroxylation is 2. The van der Waals surface area contributed by atoms with Crippen LogP contribution in [0.25, 0.3) is 0 Å². The van der Waals surface area contributed by atoms with Gasteiger partial charge in [0, 0.05) is 0 Å². The first-order chi connectivity index (χ1) is 7.24. The van der Waals surface area contributed by atoms with Crippen LogP contribution in [0.1, 0.15) is 30.7 Å². The van der Waals surface area contributed by atoms with E-state index in [9.17, 15) is 0 Å². The fourth-order valence-corrected chi connectivity index (χ4v) is 1.89. The molecule has 0 aliphatic carbocycles. The fraction of sp³-hybridized carbons (Fsp3) is 0.727. The molecule has 0 bridgehead atoms. The van der Waals surface area contributed by atoms with E-state index in [1.807, 2.05) is 25.6 Å². The second-order valence-electron chi connectivity index (χ2n) is 3.48. The van der Waals surface area contributed by atoms with E-state index in [1.165, 1.54) is 17.9 Å². The Bertz CT molecular complexity index is 267. The summed E-state index contributed by atoms with van der Waals surface area (Å²) in [6.07, 6.45) is 1.21. The first kappa shape index (κ1) is 12.6. The molecule has 0 atom stereocenters. The van der Waals surface area contributed by atoms with Crippen LogP contribution in [0.15, 0.2) is 4.42 Å². The minimum Gasteiger partial charge on any atom is -0.444 e. The SMILES string of the molecule is CCSCCCNCc1nc(C)c(C)o1. The van der Waals surface area contributed by atoms with Crippen molar-refractivity contribution in [2.45, 2.75) is 33.7 Å². The first-order valence-electron chi connectivity index (χ1n) is 5.45. The van der Waals surface area contributed by atoms with Crippen molar-refractivity contribution in [1.82, 2.24) is 10.3 Å². The van der Waals surface area contributed by atoms with E-state index in [0.717, 1.165) is 30.4 Å². The second kappa shape index (κ2) is 6.90. The lowest BCUT2D eigenvalue weighted by molar-refractivity contribution is 0.449. The van der Waals surface area contributed by atoms with Crippen LogP contribution >= 0.6 is 11.8 Å². The molecule has 0 unspecified atom stereocenters. The van der Waals surface area contributed by atoms with Gasteiger partial charge < -0.3 is 9.73 Å². The molecule has 1 heterocycles. The maximum absolute atomic E-state index is 5.46. The van der Waals surface area contributed by atoms with E-state index in [2.05, 4.69) is 17.2 Å². The van der Waals surface area contributed by atoms with Gasteiger partial charge in [0.15, 0.2) is 0 Å². The van der Waals surface area contributed by atoms with Crippen LogP contribution in [-0.2, 0) is 6.54 Å². The number of oxazole rings is 1. The van der Waals surface area contributed by atoms with Gasteiger partial charge in [0.05, 0.1) is 12.2 Å². The monoisotopic (exact) mass is 228 g/mol. The zero-order chi connectivity index (χ0) is 11.1. The summed E-state index contributed by atoms with van der Waals surface area (Å²) in [5, 5.41) is 3.33. The molecule has 15 heavy (non-hydrogen) atoms. The Morgan fingerprint density at radius 2 is 2.20 bits per heavy atom. The standard InChI is InChI=1S/C11H20N2OS/c1-4-15-7-5-6-12-8-11-13-9(2)10(3)14-11/h12H,4-8H2,1-3H3. The van der Waals surface area contributed by atoms with Crippen LogP contribution in [0, 0.1) is 13.8 Å². The average Bonchev–Trinajstić information content (AvgIpc) is 2.52. The van der Waals surface area contributed by atoms with Gasteiger partial charge in [-0.3, -0.25) is 0 Å². The van der Waals surface area contributed by atoms with Crippen molar-refractivity contribution in [3.8, 4) is 0 Å². The molecule has 0 aliphatic heterocycles. The highest BCUT2D eigenvalue weighted by Crippen LogP contribution is 2.07. The molecule has 0 aromatic carbocycles. The van der Waals surface area contributed by atoms with Gasteiger partial charge >= 0.3 is 0 Å². The number of thioether (sulfide) groups is 1. The summed E-state index contributed by atoms with van der Waals surface area (Å²) in [6.45, 7) is 7.89. The third-order valence-corrected chi connectivity index (χ3v) is 3.18. The van der Waals surface area contributed by atoms with Crippen LogP contribution in [0.2, 0.25) is 0 Å². The highest BCUT2D eigenvalue weighted by atomic mass is 32.2. The predicted molar refractivity (Wildman–Crippen MR) is 65.3 cm³/mol. The maximum Gasteiger partial charge on any atom is 0.208 e. The van der Waals surface area contributed by atoms with Crippen molar-refractivity contribution in [2.75, 3.05) is 18.1 Å². The van der Waals surface area contributed by atoms with Crippen molar-refractivity contribution in [3.05, 3.63) is 17.3 Å². The lowest BCUT2D eigenvalue weighted by Gasteiger charge is -2.00. The minimum absolute atomic E-state index is 0.742. The van der Waals surface area contributed by atoms with Crippen LogP contribution in [0.4, 0.5) is 0 Å². The van der Waals surface area contributed by atoms with Gasteiger partial charge in [0.2, 0.25) is 5.89 Å². The van der Waals surface area contributed by atoms with E-state index < -0.39 is 0 Å². The molecule has 86 valence electrons. The number of rotatable bonds is 7. The van der Waals surface area contributed by atoms with Gasteiger partial charge in [-0.2, -0.15) is 11.8 Å². The third kappa shape index (κ3) is 4.71. The van der Waals surface area contributed by atoms with E-state index >= 15 is 0 Å². The molecule has 0 saturated carbocycles. The van der Waals surface area contributed by atoms with Gasteiger partial charge in [-0.05, 0) is 38.3 Å². The number of hydrogen-bond donors (Lipinski definition) is 1. The van der Waals surface area contributed by atoms with Gasteiger partial charge in [-0.25, -0.2) is 4.98 Å². The Labute approximate surface area is 96.0 Å². The predicted octanol–water partition coefficient (Wildman–Crippen LogP) is 2.52. The Balaban J connectivity index is 2.10. The van der Waals surface area contributed by atoms with E-state index in [0.29, 0.717) is 0 Å². The zero-order valence-corrected chi connectivity index (χ0v) is 10.6. The van der Waals surface area contributed by atoms with Gasteiger partial charge in [-0.15, -0.1) is 0 Å². The van der Waals surface area contributed by atoms with E-state index in [4.69, 9.17) is 4.42 Å². The smallest absolute Gasteiger partial charge is 0.208 e. The summed E-state index contributed by atoms with van der Waals surface area (Å²) in [5.41, 5.74) is 0.994. The number of hydrogen-bond acceptors (Lipinski definition) is 4. The summed E-state index contributed by atoms with van der Waals surface area (Å²) in [5.74, 6) is 4.16. The molecule has 1 aromatic rings. The van der Waals surface area contributed by atoms with Gasteiger partial charge in [0.1, 0.15) is 5.76 Å². The lowest BCUT2D eigenvalue weighted by Crippen LogP contribution is -2.15. The largest absolute Gasteiger partial charge is 0.444 e. The molecule has 0 spiro atoms.